The molecule has 0 bridgehead atoms. The average Bonchev–Trinajstić information content (AvgIpc) is 2.49. The number of hydrogen-bond donors (Lipinski definition) is 1. The third-order valence-electron chi connectivity index (χ3n) is 4.60. The van der Waals surface area contributed by atoms with Gasteiger partial charge in [-0.25, -0.2) is 0 Å². The van der Waals surface area contributed by atoms with E-state index in [2.05, 4.69) is 43.0 Å². The zero-order valence-corrected chi connectivity index (χ0v) is 12.4. The highest BCUT2D eigenvalue weighted by Gasteiger charge is 2.28. The minimum absolute atomic E-state index is 0.492. The Balaban J connectivity index is 2.17. The van der Waals surface area contributed by atoms with Gasteiger partial charge >= 0.3 is 0 Å². The number of piperidine rings is 1. The lowest BCUT2D eigenvalue weighted by Gasteiger charge is -2.40. The van der Waals surface area contributed by atoms with Crippen molar-refractivity contribution in [1.82, 2.24) is 4.90 Å². The highest BCUT2D eigenvalue weighted by molar-refractivity contribution is 5.27. The molecule has 0 amide bonds. The number of benzene rings is 1. The van der Waals surface area contributed by atoms with Gasteiger partial charge in [0.1, 0.15) is 0 Å². The fourth-order valence-corrected chi connectivity index (χ4v) is 3.38. The normalized spacial score (nSPS) is 22.4. The third-order valence-corrected chi connectivity index (χ3v) is 4.60. The Kier molecular flexibility index (Phi) is 5.41. The summed E-state index contributed by atoms with van der Waals surface area (Å²) in [5, 5.41) is 0. The maximum Gasteiger partial charge on any atom is 0.0176 e. The number of hydrogen-bond acceptors (Lipinski definition) is 2. The summed E-state index contributed by atoms with van der Waals surface area (Å²) in [6, 6.07) is 9.74. The smallest absolute Gasteiger partial charge is 0.0176 e. The zero-order chi connectivity index (χ0) is 13.7. The van der Waals surface area contributed by atoms with E-state index < -0.39 is 0 Å². The number of nitrogens with two attached hydrogens (primary N) is 1. The maximum atomic E-state index is 6.10. The van der Waals surface area contributed by atoms with Crippen LogP contribution in [0.2, 0.25) is 0 Å². The second-order valence-electron chi connectivity index (χ2n) is 5.63. The molecule has 1 aliphatic heterocycles. The Labute approximate surface area is 118 Å². The van der Waals surface area contributed by atoms with Gasteiger partial charge in [0.15, 0.2) is 0 Å². The first-order valence-corrected chi connectivity index (χ1v) is 7.83. The van der Waals surface area contributed by atoms with E-state index in [1.165, 1.54) is 36.9 Å². The van der Waals surface area contributed by atoms with Crippen LogP contribution in [0.4, 0.5) is 0 Å². The largest absolute Gasteiger partial charge is 0.330 e. The highest BCUT2D eigenvalue weighted by atomic mass is 15.2. The van der Waals surface area contributed by atoms with Crippen LogP contribution in [0.1, 0.15) is 50.2 Å². The van der Waals surface area contributed by atoms with Crippen molar-refractivity contribution in [3.8, 4) is 0 Å². The summed E-state index contributed by atoms with van der Waals surface area (Å²) in [6.45, 7) is 7.62. The van der Waals surface area contributed by atoms with Gasteiger partial charge in [-0.3, -0.25) is 0 Å². The fourth-order valence-electron chi connectivity index (χ4n) is 3.38. The predicted octanol–water partition coefficient (Wildman–Crippen LogP) is 3.17. The molecule has 0 aliphatic carbocycles. The molecule has 2 heteroatoms. The summed E-state index contributed by atoms with van der Waals surface area (Å²) >= 11 is 0. The van der Waals surface area contributed by atoms with Gasteiger partial charge in [-0.2, -0.15) is 0 Å². The Bertz CT molecular complexity index is 371. The minimum Gasteiger partial charge on any atom is -0.330 e. The average molecular weight is 260 g/mol. The molecule has 106 valence electrons. The number of nitrogens with zero attached hydrogens (tertiary/aromatic N) is 1. The molecule has 0 spiro atoms. The Morgan fingerprint density at radius 3 is 2.53 bits per heavy atom. The van der Waals surface area contributed by atoms with Crippen LogP contribution in [0, 0.1) is 0 Å². The minimum atomic E-state index is 0.492. The number of rotatable bonds is 5. The van der Waals surface area contributed by atoms with Crippen LogP contribution in [-0.2, 0) is 6.42 Å². The number of likely N-dealkylation sites (N-methyl/N-ethyl adjacent to an activating group) is 1. The van der Waals surface area contributed by atoms with E-state index in [0.29, 0.717) is 12.0 Å². The van der Waals surface area contributed by atoms with E-state index in [1.807, 2.05) is 0 Å². The summed E-state index contributed by atoms with van der Waals surface area (Å²) in [4.78, 5) is 2.62. The molecular formula is C17H28N2. The summed E-state index contributed by atoms with van der Waals surface area (Å²) in [6.07, 6.45) is 5.10. The molecule has 0 aromatic heterocycles. The van der Waals surface area contributed by atoms with E-state index in [-0.39, 0.29) is 0 Å². The Hall–Kier alpha value is -0.860. The SMILES string of the molecule is CCc1ccc(C(CN)C2CCCCN2CC)cc1. The molecule has 2 unspecified atom stereocenters. The summed E-state index contributed by atoms with van der Waals surface area (Å²) < 4.78 is 0. The second-order valence-corrected chi connectivity index (χ2v) is 5.63. The van der Waals surface area contributed by atoms with E-state index in [4.69, 9.17) is 5.73 Å². The lowest BCUT2D eigenvalue weighted by atomic mass is 9.85. The lowest BCUT2D eigenvalue weighted by Crippen LogP contribution is -2.45. The van der Waals surface area contributed by atoms with Crippen molar-refractivity contribution in [2.24, 2.45) is 5.73 Å². The van der Waals surface area contributed by atoms with Gasteiger partial charge in [-0.1, -0.05) is 44.5 Å². The van der Waals surface area contributed by atoms with Crippen molar-refractivity contribution in [1.29, 1.82) is 0 Å². The Morgan fingerprint density at radius 2 is 1.95 bits per heavy atom. The van der Waals surface area contributed by atoms with Gasteiger partial charge in [0.05, 0.1) is 0 Å². The van der Waals surface area contributed by atoms with Crippen LogP contribution in [0.25, 0.3) is 0 Å². The highest BCUT2D eigenvalue weighted by Crippen LogP contribution is 2.29. The van der Waals surface area contributed by atoms with Crippen molar-refractivity contribution < 1.29 is 0 Å². The topological polar surface area (TPSA) is 29.3 Å². The Morgan fingerprint density at radius 1 is 1.21 bits per heavy atom. The van der Waals surface area contributed by atoms with Crippen molar-refractivity contribution in [2.45, 2.75) is 51.5 Å². The van der Waals surface area contributed by atoms with Gasteiger partial charge in [-0.15, -0.1) is 0 Å². The van der Waals surface area contributed by atoms with Gasteiger partial charge in [0.25, 0.3) is 0 Å². The van der Waals surface area contributed by atoms with Gasteiger partial charge in [0, 0.05) is 18.5 Å². The van der Waals surface area contributed by atoms with Crippen molar-refractivity contribution >= 4 is 0 Å². The summed E-state index contributed by atoms with van der Waals surface area (Å²) in [5.41, 5.74) is 8.93. The van der Waals surface area contributed by atoms with Gasteiger partial charge < -0.3 is 10.6 Å². The molecule has 1 aliphatic rings. The first-order valence-electron chi connectivity index (χ1n) is 7.83. The van der Waals surface area contributed by atoms with Crippen molar-refractivity contribution in [3.05, 3.63) is 35.4 Å². The first-order chi connectivity index (χ1) is 9.30. The standard InChI is InChI=1S/C17H28N2/c1-3-14-8-10-15(11-9-14)16(13-18)17-7-5-6-12-19(17)4-2/h8-11,16-17H,3-7,12-13,18H2,1-2H3. The van der Waals surface area contributed by atoms with Crippen LogP contribution in [-0.4, -0.2) is 30.6 Å². The van der Waals surface area contributed by atoms with E-state index in [0.717, 1.165) is 19.5 Å². The van der Waals surface area contributed by atoms with Crippen LogP contribution in [0.3, 0.4) is 0 Å². The molecule has 19 heavy (non-hydrogen) atoms. The molecule has 2 rings (SSSR count). The number of likely N-dealkylation sites (tertiary alicyclic amines) is 1. The van der Waals surface area contributed by atoms with E-state index >= 15 is 0 Å². The fraction of sp³-hybridized carbons (Fsp3) is 0.647. The molecule has 1 aromatic rings. The lowest BCUT2D eigenvalue weighted by molar-refractivity contribution is 0.134. The number of aryl methyl sites for hydroxylation is 1. The van der Waals surface area contributed by atoms with Crippen LogP contribution >= 0.6 is 0 Å². The predicted molar refractivity (Wildman–Crippen MR) is 82.5 cm³/mol. The summed E-state index contributed by atoms with van der Waals surface area (Å²) in [7, 11) is 0. The molecular weight excluding hydrogens is 232 g/mol. The van der Waals surface area contributed by atoms with Crippen LogP contribution in [0.5, 0.6) is 0 Å². The molecule has 1 heterocycles. The maximum absolute atomic E-state index is 6.10. The molecule has 2 atom stereocenters. The molecule has 2 nitrogen and oxygen atoms in total. The van der Waals surface area contributed by atoms with E-state index in [9.17, 15) is 0 Å². The van der Waals surface area contributed by atoms with E-state index in [1.54, 1.807) is 0 Å². The molecule has 1 fully saturated rings. The molecule has 0 radical (unpaired) electrons. The first kappa shape index (κ1) is 14.5. The summed E-state index contributed by atoms with van der Waals surface area (Å²) in [5.74, 6) is 0.492. The zero-order valence-electron chi connectivity index (χ0n) is 12.4. The van der Waals surface area contributed by atoms with Crippen molar-refractivity contribution in [3.63, 3.8) is 0 Å². The van der Waals surface area contributed by atoms with Crippen LogP contribution < -0.4 is 5.73 Å². The molecule has 0 saturated carbocycles. The van der Waals surface area contributed by atoms with Gasteiger partial charge in [-0.05, 0) is 43.5 Å². The second kappa shape index (κ2) is 7.06. The molecule has 1 aromatic carbocycles. The molecule has 1 saturated heterocycles. The monoisotopic (exact) mass is 260 g/mol. The van der Waals surface area contributed by atoms with Gasteiger partial charge in [0.2, 0.25) is 0 Å². The van der Waals surface area contributed by atoms with Crippen LogP contribution in [0.15, 0.2) is 24.3 Å². The quantitative estimate of drug-likeness (QED) is 0.881. The van der Waals surface area contributed by atoms with Crippen molar-refractivity contribution in [2.75, 3.05) is 19.6 Å². The third kappa shape index (κ3) is 3.37. The molecule has 2 N–H and O–H groups in total.